The Morgan fingerprint density at radius 1 is 1.67 bits per heavy atom. The van der Waals surface area contributed by atoms with Gasteiger partial charge < -0.3 is 4.90 Å². The Bertz CT molecular complexity index is 311. The molecule has 1 aliphatic heterocycles. The number of hydrogen-bond donors (Lipinski definition) is 2. The van der Waals surface area contributed by atoms with E-state index in [0.717, 1.165) is 19.3 Å². The molecular formula is C11H19N3O. The first-order valence-corrected chi connectivity index (χ1v) is 5.71. The van der Waals surface area contributed by atoms with Crippen molar-refractivity contribution in [2.24, 2.45) is 5.92 Å². The molecule has 4 heteroatoms. The topological polar surface area (TPSA) is 56.2 Å². The van der Waals surface area contributed by atoms with Gasteiger partial charge in [0.1, 0.15) is 11.4 Å². The van der Waals surface area contributed by atoms with Gasteiger partial charge >= 0.3 is 6.03 Å². The van der Waals surface area contributed by atoms with E-state index in [1.165, 1.54) is 0 Å². The van der Waals surface area contributed by atoms with E-state index in [4.69, 9.17) is 5.41 Å². The van der Waals surface area contributed by atoms with Gasteiger partial charge in [0, 0.05) is 6.04 Å². The number of nitrogens with one attached hydrogen (secondary N) is 2. The van der Waals surface area contributed by atoms with Gasteiger partial charge in [-0.15, -0.1) is 0 Å². The normalized spacial score (nSPS) is 33.1. The van der Waals surface area contributed by atoms with Gasteiger partial charge in [0.25, 0.3) is 0 Å². The molecule has 1 aliphatic carbocycles. The van der Waals surface area contributed by atoms with E-state index in [1.54, 1.807) is 0 Å². The van der Waals surface area contributed by atoms with Crippen molar-refractivity contribution < 1.29 is 4.79 Å². The van der Waals surface area contributed by atoms with Crippen LogP contribution in [-0.4, -0.2) is 28.3 Å². The van der Waals surface area contributed by atoms with Crippen molar-refractivity contribution in [2.45, 2.75) is 51.6 Å². The highest BCUT2D eigenvalue weighted by molar-refractivity contribution is 6.08. The number of rotatable bonds is 3. The first-order chi connectivity index (χ1) is 7.01. The minimum Gasteiger partial charge on any atom is -0.309 e. The van der Waals surface area contributed by atoms with Crippen molar-refractivity contribution in [2.75, 3.05) is 0 Å². The van der Waals surface area contributed by atoms with Crippen LogP contribution in [0.15, 0.2) is 0 Å². The van der Waals surface area contributed by atoms with E-state index >= 15 is 0 Å². The smallest absolute Gasteiger partial charge is 0.309 e. The number of hydrogen-bond acceptors (Lipinski definition) is 2. The molecule has 2 aliphatic rings. The summed E-state index contributed by atoms with van der Waals surface area (Å²) >= 11 is 0. The van der Waals surface area contributed by atoms with Crippen LogP contribution in [0.5, 0.6) is 0 Å². The van der Waals surface area contributed by atoms with Crippen LogP contribution in [0.2, 0.25) is 0 Å². The predicted molar refractivity (Wildman–Crippen MR) is 59.0 cm³/mol. The fraction of sp³-hybridized carbons (Fsp3) is 0.818. The van der Waals surface area contributed by atoms with Gasteiger partial charge in [0.2, 0.25) is 0 Å². The zero-order valence-electron chi connectivity index (χ0n) is 9.63. The van der Waals surface area contributed by atoms with Crippen LogP contribution >= 0.6 is 0 Å². The van der Waals surface area contributed by atoms with Gasteiger partial charge in [-0.25, -0.2) is 4.79 Å². The molecule has 0 bridgehead atoms. The lowest BCUT2D eigenvalue weighted by molar-refractivity contribution is 0.142. The molecule has 1 saturated carbocycles. The maximum Gasteiger partial charge on any atom is 0.323 e. The molecule has 2 N–H and O–H groups in total. The third kappa shape index (κ3) is 1.34. The molecule has 0 aromatic heterocycles. The lowest BCUT2D eigenvalue weighted by atomic mass is 9.83. The first-order valence-electron chi connectivity index (χ1n) is 5.71. The first kappa shape index (κ1) is 10.5. The average molecular weight is 209 g/mol. The summed E-state index contributed by atoms with van der Waals surface area (Å²) in [5.41, 5.74) is -0.410. The van der Waals surface area contributed by atoms with Crippen molar-refractivity contribution in [1.29, 1.82) is 5.41 Å². The van der Waals surface area contributed by atoms with E-state index in [-0.39, 0.29) is 6.03 Å². The Kier molecular flexibility index (Phi) is 2.24. The third-order valence-electron chi connectivity index (χ3n) is 3.94. The highest BCUT2D eigenvalue weighted by Crippen LogP contribution is 2.40. The van der Waals surface area contributed by atoms with E-state index in [1.807, 2.05) is 11.8 Å². The molecular weight excluding hydrogens is 190 g/mol. The maximum absolute atomic E-state index is 11.8. The van der Waals surface area contributed by atoms with E-state index in [0.29, 0.717) is 17.8 Å². The fourth-order valence-electron chi connectivity index (χ4n) is 2.38. The van der Waals surface area contributed by atoms with Gasteiger partial charge in [-0.1, -0.05) is 20.3 Å². The Labute approximate surface area is 90.5 Å². The SMILES string of the molecule is CCC(C)C1(C)C(=N)NC(=O)N1C1CC1. The molecule has 4 nitrogen and oxygen atoms in total. The monoisotopic (exact) mass is 209 g/mol. The summed E-state index contributed by atoms with van der Waals surface area (Å²) in [6.07, 6.45) is 3.16. The van der Waals surface area contributed by atoms with Gasteiger partial charge in [0.15, 0.2) is 0 Å². The zero-order valence-corrected chi connectivity index (χ0v) is 9.63. The molecule has 2 rings (SSSR count). The molecule has 2 fully saturated rings. The molecule has 84 valence electrons. The Morgan fingerprint density at radius 2 is 2.27 bits per heavy atom. The maximum atomic E-state index is 11.8. The number of nitrogens with zero attached hydrogens (tertiary/aromatic N) is 1. The molecule has 0 aromatic carbocycles. The number of amidine groups is 1. The number of amides is 2. The lowest BCUT2D eigenvalue weighted by Gasteiger charge is -2.38. The molecule has 2 unspecified atom stereocenters. The summed E-state index contributed by atoms with van der Waals surface area (Å²) in [6, 6.07) is 0.289. The van der Waals surface area contributed by atoms with Crippen LogP contribution < -0.4 is 5.32 Å². The molecule has 0 radical (unpaired) electrons. The van der Waals surface area contributed by atoms with Crippen LogP contribution in [0.25, 0.3) is 0 Å². The highest BCUT2D eigenvalue weighted by atomic mass is 16.2. The van der Waals surface area contributed by atoms with Crippen molar-refractivity contribution in [3.8, 4) is 0 Å². The second-order valence-electron chi connectivity index (χ2n) is 4.86. The quantitative estimate of drug-likeness (QED) is 0.733. The largest absolute Gasteiger partial charge is 0.323 e. The van der Waals surface area contributed by atoms with Crippen LogP contribution in [0, 0.1) is 11.3 Å². The molecule has 2 atom stereocenters. The van der Waals surface area contributed by atoms with Crippen molar-refractivity contribution in [3.05, 3.63) is 0 Å². The van der Waals surface area contributed by atoms with Gasteiger partial charge in [-0.2, -0.15) is 0 Å². The summed E-state index contributed by atoms with van der Waals surface area (Å²) in [6.45, 7) is 6.24. The molecule has 15 heavy (non-hydrogen) atoms. The van der Waals surface area contributed by atoms with Gasteiger partial charge in [-0.05, 0) is 25.7 Å². The number of carbonyl (C=O) groups excluding carboxylic acids is 1. The highest BCUT2D eigenvalue weighted by Gasteiger charge is 2.54. The lowest BCUT2D eigenvalue weighted by Crippen LogP contribution is -2.52. The minimum atomic E-state index is -0.410. The van der Waals surface area contributed by atoms with Crippen LogP contribution in [-0.2, 0) is 0 Å². The standard InChI is InChI=1S/C11H19N3O/c1-4-7(2)11(3)9(12)13-10(15)14(11)8-5-6-8/h7-8H,4-6H2,1-3H3,(H2,12,13,15). The Morgan fingerprint density at radius 3 is 2.73 bits per heavy atom. The Hall–Kier alpha value is -1.06. The van der Waals surface area contributed by atoms with Crippen LogP contribution in [0.4, 0.5) is 4.79 Å². The van der Waals surface area contributed by atoms with E-state index < -0.39 is 5.54 Å². The third-order valence-corrected chi connectivity index (χ3v) is 3.94. The van der Waals surface area contributed by atoms with Crippen LogP contribution in [0.1, 0.15) is 40.0 Å². The van der Waals surface area contributed by atoms with Crippen molar-refractivity contribution in [3.63, 3.8) is 0 Å². The molecule has 0 spiro atoms. The molecule has 1 heterocycles. The van der Waals surface area contributed by atoms with Crippen molar-refractivity contribution >= 4 is 11.9 Å². The average Bonchev–Trinajstić information content (AvgIpc) is 2.96. The summed E-state index contributed by atoms with van der Waals surface area (Å²) in [5, 5.41) is 10.6. The fourth-order valence-corrected chi connectivity index (χ4v) is 2.38. The minimum absolute atomic E-state index is 0.0784. The number of urea groups is 1. The molecule has 0 aromatic rings. The second-order valence-corrected chi connectivity index (χ2v) is 4.86. The van der Waals surface area contributed by atoms with Gasteiger partial charge in [0.05, 0.1) is 0 Å². The van der Waals surface area contributed by atoms with Crippen LogP contribution in [0.3, 0.4) is 0 Å². The summed E-state index contributed by atoms with van der Waals surface area (Å²) in [5.74, 6) is 0.693. The second kappa shape index (κ2) is 3.22. The van der Waals surface area contributed by atoms with Gasteiger partial charge in [-0.3, -0.25) is 10.7 Å². The van der Waals surface area contributed by atoms with Crippen molar-refractivity contribution in [1.82, 2.24) is 10.2 Å². The predicted octanol–water partition coefficient (Wildman–Crippen LogP) is 1.96. The summed E-state index contributed by atoms with van der Waals surface area (Å²) < 4.78 is 0. The zero-order chi connectivity index (χ0) is 11.2. The molecule has 1 saturated heterocycles. The van der Waals surface area contributed by atoms with E-state index in [9.17, 15) is 4.79 Å². The van der Waals surface area contributed by atoms with E-state index in [2.05, 4.69) is 19.2 Å². The summed E-state index contributed by atoms with van der Waals surface area (Å²) in [4.78, 5) is 13.7. The Balaban J connectivity index is 2.33. The molecule has 2 amide bonds. The summed E-state index contributed by atoms with van der Waals surface area (Å²) in [7, 11) is 0. The number of carbonyl (C=O) groups is 1.